The summed E-state index contributed by atoms with van der Waals surface area (Å²) in [6.07, 6.45) is 2.02. The summed E-state index contributed by atoms with van der Waals surface area (Å²) < 4.78 is 19.0. The van der Waals surface area contributed by atoms with Gasteiger partial charge in [0, 0.05) is 37.3 Å². The van der Waals surface area contributed by atoms with Crippen molar-refractivity contribution in [1.29, 1.82) is 0 Å². The number of imide groups is 1. The van der Waals surface area contributed by atoms with Crippen LogP contribution in [0.3, 0.4) is 0 Å². The molecule has 0 radical (unpaired) electrons. The molecule has 2 aromatic carbocycles. The molecule has 182 valence electrons. The van der Waals surface area contributed by atoms with E-state index in [-0.39, 0.29) is 54.9 Å². The highest BCUT2D eigenvalue weighted by atomic mass is 19.1. The normalized spacial score (nSPS) is 21.5. The molecule has 3 heterocycles. The number of ether oxygens (including phenoxy) is 1. The van der Waals surface area contributed by atoms with Crippen molar-refractivity contribution < 1.29 is 28.3 Å². The first-order valence-electron chi connectivity index (χ1n) is 11.8. The Bertz CT molecular complexity index is 1180. The van der Waals surface area contributed by atoms with Gasteiger partial charge in [-0.05, 0) is 66.6 Å². The van der Waals surface area contributed by atoms with Crippen molar-refractivity contribution in [3.05, 3.63) is 70.5 Å². The third-order valence-electron chi connectivity index (χ3n) is 7.04. The van der Waals surface area contributed by atoms with Crippen molar-refractivity contribution in [2.24, 2.45) is 5.92 Å². The Morgan fingerprint density at radius 3 is 2.51 bits per heavy atom. The highest BCUT2D eigenvalue weighted by Crippen LogP contribution is 2.32. The summed E-state index contributed by atoms with van der Waals surface area (Å²) in [4.78, 5) is 51.4. The van der Waals surface area contributed by atoms with Crippen LogP contribution in [0.25, 0.3) is 0 Å². The van der Waals surface area contributed by atoms with E-state index in [1.54, 1.807) is 30.3 Å². The maximum atomic E-state index is 13.5. The number of carbonyl (C=O) groups is 4. The van der Waals surface area contributed by atoms with Gasteiger partial charge in [-0.1, -0.05) is 12.1 Å². The molecule has 2 N–H and O–H groups in total. The average Bonchev–Trinajstić information content (AvgIpc) is 3.19. The molecule has 1 unspecified atom stereocenters. The summed E-state index contributed by atoms with van der Waals surface area (Å²) in [5.41, 5.74) is 2.34. The summed E-state index contributed by atoms with van der Waals surface area (Å²) in [5.74, 6) is -1.58. The van der Waals surface area contributed by atoms with Crippen LogP contribution in [0.4, 0.5) is 4.39 Å². The Hall–Kier alpha value is -3.59. The second-order valence-corrected chi connectivity index (χ2v) is 9.22. The number of nitrogens with one attached hydrogen (secondary N) is 2. The lowest BCUT2D eigenvalue weighted by Crippen LogP contribution is -2.52. The van der Waals surface area contributed by atoms with Gasteiger partial charge in [0.15, 0.2) is 0 Å². The molecule has 0 aromatic heterocycles. The molecular formula is C26H26FN3O5. The van der Waals surface area contributed by atoms with Crippen LogP contribution in [0.1, 0.15) is 63.6 Å². The van der Waals surface area contributed by atoms with Crippen molar-refractivity contribution in [2.75, 3.05) is 13.2 Å². The molecule has 0 aliphatic carbocycles. The fraction of sp³-hybridized carbons (Fsp3) is 0.385. The summed E-state index contributed by atoms with van der Waals surface area (Å²) in [6, 6.07) is 10.0. The van der Waals surface area contributed by atoms with Gasteiger partial charge in [0.25, 0.3) is 11.8 Å². The van der Waals surface area contributed by atoms with E-state index in [1.807, 2.05) is 0 Å². The van der Waals surface area contributed by atoms with E-state index >= 15 is 0 Å². The Morgan fingerprint density at radius 1 is 1.06 bits per heavy atom. The van der Waals surface area contributed by atoms with Crippen LogP contribution in [-0.4, -0.2) is 47.8 Å². The first kappa shape index (κ1) is 23.2. The number of hydrogen-bond acceptors (Lipinski definition) is 5. The average molecular weight is 480 g/mol. The van der Waals surface area contributed by atoms with Crippen LogP contribution in [0.15, 0.2) is 42.5 Å². The van der Waals surface area contributed by atoms with E-state index in [9.17, 15) is 23.6 Å². The number of hydrogen-bond donors (Lipinski definition) is 2. The highest BCUT2D eigenvalue weighted by molar-refractivity contribution is 6.06. The second kappa shape index (κ2) is 9.58. The molecule has 5 rings (SSSR count). The number of rotatable bonds is 5. The van der Waals surface area contributed by atoms with Crippen LogP contribution in [-0.2, 0) is 20.9 Å². The van der Waals surface area contributed by atoms with E-state index in [2.05, 4.69) is 10.6 Å². The van der Waals surface area contributed by atoms with Gasteiger partial charge in [-0.25, -0.2) is 4.39 Å². The molecule has 3 aliphatic rings. The number of amides is 4. The van der Waals surface area contributed by atoms with Crippen LogP contribution < -0.4 is 10.6 Å². The molecule has 2 atom stereocenters. The van der Waals surface area contributed by atoms with Crippen LogP contribution in [0, 0.1) is 11.7 Å². The van der Waals surface area contributed by atoms with Gasteiger partial charge in [-0.3, -0.25) is 24.5 Å². The molecule has 8 nitrogen and oxygen atoms in total. The molecule has 2 fully saturated rings. The van der Waals surface area contributed by atoms with Crippen molar-refractivity contribution in [3.63, 3.8) is 0 Å². The minimum Gasteiger partial charge on any atom is -0.381 e. The third kappa shape index (κ3) is 4.68. The van der Waals surface area contributed by atoms with E-state index in [1.165, 1.54) is 17.0 Å². The molecular weight excluding hydrogens is 453 g/mol. The third-order valence-corrected chi connectivity index (χ3v) is 7.04. The summed E-state index contributed by atoms with van der Waals surface area (Å²) >= 11 is 0. The minimum atomic E-state index is -0.707. The molecule has 0 spiro atoms. The van der Waals surface area contributed by atoms with Gasteiger partial charge < -0.3 is 15.0 Å². The Morgan fingerprint density at radius 2 is 1.80 bits per heavy atom. The van der Waals surface area contributed by atoms with Crippen molar-refractivity contribution in [1.82, 2.24) is 15.5 Å². The number of nitrogens with zero attached hydrogens (tertiary/aromatic N) is 1. The lowest BCUT2D eigenvalue weighted by Gasteiger charge is -2.31. The predicted molar refractivity (Wildman–Crippen MR) is 123 cm³/mol. The first-order chi connectivity index (χ1) is 16.9. The van der Waals surface area contributed by atoms with E-state index in [0.717, 1.165) is 18.4 Å². The van der Waals surface area contributed by atoms with Gasteiger partial charge >= 0.3 is 0 Å². The van der Waals surface area contributed by atoms with Crippen molar-refractivity contribution >= 4 is 23.6 Å². The largest absolute Gasteiger partial charge is 0.381 e. The number of halogens is 1. The standard InChI is InChI=1S/C26H26FN3O5/c27-19-4-1-15(2-5-19)23(16-9-11-35-12-10-16)29-24(32)17-3-6-20-18(13-17)14-30(26(20)34)21-7-8-22(31)28-25(21)33/h1-6,13,16,21,23H,7-12,14H2,(H,29,32)(H,28,31,33)/t21?,23-/m1/s1. The molecule has 2 saturated heterocycles. The summed E-state index contributed by atoms with van der Waals surface area (Å²) in [5, 5.41) is 5.40. The molecule has 2 aromatic rings. The van der Waals surface area contributed by atoms with Gasteiger partial charge in [-0.2, -0.15) is 0 Å². The molecule has 9 heteroatoms. The molecule has 3 aliphatic heterocycles. The monoisotopic (exact) mass is 479 g/mol. The Balaban J connectivity index is 1.35. The lowest BCUT2D eigenvalue weighted by atomic mass is 9.87. The molecule has 0 bridgehead atoms. The zero-order chi connectivity index (χ0) is 24.5. The summed E-state index contributed by atoms with van der Waals surface area (Å²) in [7, 11) is 0. The minimum absolute atomic E-state index is 0.150. The summed E-state index contributed by atoms with van der Waals surface area (Å²) in [6.45, 7) is 1.41. The number of carbonyl (C=O) groups excluding carboxylic acids is 4. The van der Waals surface area contributed by atoms with Gasteiger partial charge in [-0.15, -0.1) is 0 Å². The van der Waals surface area contributed by atoms with E-state index in [0.29, 0.717) is 29.9 Å². The van der Waals surface area contributed by atoms with Crippen molar-refractivity contribution in [3.8, 4) is 0 Å². The molecule has 0 saturated carbocycles. The second-order valence-electron chi connectivity index (χ2n) is 9.22. The number of piperidine rings is 1. The highest BCUT2D eigenvalue weighted by Gasteiger charge is 2.39. The van der Waals surface area contributed by atoms with Gasteiger partial charge in [0.2, 0.25) is 11.8 Å². The SMILES string of the molecule is O=C1CCC(N2Cc3cc(C(=O)N[C@H](c4ccc(F)cc4)C4CCOCC4)ccc3C2=O)C(=O)N1. The van der Waals surface area contributed by atoms with Crippen LogP contribution in [0.5, 0.6) is 0 Å². The van der Waals surface area contributed by atoms with Gasteiger partial charge in [0.1, 0.15) is 11.9 Å². The van der Waals surface area contributed by atoms with E-state index < -0.39 is 11.9 Å². The van der Waals surface area contributed by atoms with E-state index in [4.69, 9.17) is 4.74 Å². The topological polar surface area (TPSA) is 105 Å². The fourth-order valence-corrected chi connectivity index (χ4v) is 5.13. The van der Waals surface area contributed by atoms with Crippen LogP contribution >= 0.6 is 0 Å². The smallest absolute Gasteiger partial charge is 0.255 e. The Kier molecular flexibility index (Phi) is 6.34. The Labute approximate surface area is 201 Å². The number of benzene rings is 2. The fourth-order valence-electron chi connectivity index (χ4n) is 5.13. The number of fused-ring (bicyclic) bond motifs is 1. The van der Waals surface area contributed by atoms with Gasteiger partial charge in [0.05, 0.1) is 6.04 Å². The maximum Gasteiger partial charge on any atom is 0.255 e. The lowest BCUT2D eigenvalue weighted by molar-refractivity contribution is -0.136. The predicted octanol–water partition coefficient (Wildman–Crippen LogP) is 2.48. The van der Waals surface area contributed by atoms with Crippen molar-refractivity contribution in [2.45, 2.75) is 44.3 Å². The first-order valence-corrected chi connectivity index (χ1v) is 11.8. The maximum absolute atomic E-state index is 13.5. The van der Waals surface area contributed by atoms with Crippen LogP contribution in [0.2, 0.25) is 0 Å². The zero-order valence-electron chi connectivity index (χ0n) is 19.1. The quantitative estimate of drug-likeness (QED) is 0.642. The molecule has 35 heavy (non-hydrogen) atoms. The molecule has 4 amide bonds. The zero-order valence-corrected chi connectivity index (χ0v) is 19.1.